The molecule has 26 heavy (non-hydrogen) atoms. The van der Waals surface area contributed by atoms with Gasteiger partial charge in [0, 0.05) is 37.1 Å². The molecular weight excluding hydrogens is 323 g/mol. The minimum atomic E-state index is -0.124. The summed E-state index contributed by atoms with van der Waals surface area (Å²) in [5.74, 6) is -0.124. The summed E-state index contributed by atoms with van der Waals surface area (Å²) in [7, 11) is 0. The van der Waals surface area contributed by atoms with Crippen LogP contribution < -0.4 is 0 Å². The monoisotopic (exact) mass is 348 g/mol. The van der Waals surface area contributed by atoms with E-state index in [2.05, 4.69) is 59.0 Å². The number of fused-ring (bicyclic) bond motifs is 1. The zero-order valence-corrected chi connectivity index (χ0v) is 15.2. The number of hydrogen-bond acceptors (Lipinski definition) is 1. The van der Waals surface area contributed by atoms with Crippen molar-refractivity contribution in [1.29, 1.82) is 0 Å². The summed E-state index contributed by atoms with van der Waals surface area (Å²) in [4.78, 5) is 2.44. The Morgan fingerprint density at radius 2 is 1.69 bits per heavy atom. The van der Waals surface area contributed by atoms with Crippen LogP contribution in [0.25, 0.3) is 0 Å². The van der Waals surface area contributed by atoms with Gasteiger partial charge in [-0.2, -0.15) is 0 Å². The van der Waals surface area contributed by atoms with E-state index < -0.39 is 0 Å². The van der Waals surface area contributed by atoms with Crippen LogP contribution in [0.3, 0.4) is 0 Å². The molecular formula is C23H25FN2. The maximum atomic E-state index is 14.7. The summed E-state index contributed by atoms with van der Waals surface area (Å²) in [5.41, 5.74) is 4.67. The first-order chi connectivity index (χ1) is 12.8. The van der Waals surface area contributed by atoms with Crippen molar-refractivity contribution in [1.82, 2.24) is 9.47 Å². The van der Waals surface area contributed by atoms with Crippen molar-refractivity contribution < 1.29 is 4.39 Å². The number of halogens is 1. The van der Waals surface area contributed by atoms with Crippen molar-refractivity contribution in [3.05, 3.63) is 95.1 Å². The van der Waals surface area contributed by atoms with E-state index in [1.54, 1.807) is 12.1 Å². The van der Waals surface area contributed by atoms with E-state index in [4.69, 9.17) is 0 Å². The Labute approximate surface area is 154 Å². The lowest BCUT2D eigenvalue weighted by atomic mass is 9.99. The van der Waals surface area contributed by atoms with Gasteiger partial charge in [0.05, 0.1) is 6.04 Å². The average Bonchev–Trinajstić information content (AvgIpc) is 3.05. The number of aromatic nitrogens is 1. The fraction of sp³-hybridized carbons (Fsp3) is 0.304. The van der Waals surface area contributed by atoms with Crippen molar-refractivity contribution >= 4 is 0 Å². The number of aryl methyl sites for hydroxylation is 2. The van der Waals surface area contributed by atoms with Crippen LogP contribution in [0.2, 0.25) is 0 Å². The Balaban J connectivity index is 1.78. The summed E-state index contributed by atoms with van der Waals surface area (Å²) in [6.07, 6.45) is 4.21. The summed E-state index contributed by atoms with van der Waals surface area (Å²) in [6, 6.07) is 20.0. The zero-order valence-electron chi connectivity index (χ0n) is 15.2. The van der Waals surface area contributed by atoms with E-state index in [1.807, 2.05) is 12.1 Å². The minimum Gasteiger partial charge on any atom is -0.350 e. The van der Waals surface area contributed by atoms with Gasteiger partial charge in [-0.1, -0.05) is 49.4 Å². The largest absolute Gasteiger partial charge is 0.350 e. The molecule has 0 fully saturated rings. The molecule has 0 spiro atoms. The highest BCUT2D eigenvalue weighted by molar-refractivity contribution is 5.32. The van der Waals surface area contributed by atoms with E-state index >= 15 is 0 Å². The van der Waals surface area contributed by atoms with Gasteiger partial charge < -0.3 is 4.57 Å². The van der Waals surface area contributed by atoms with Gasteiger partial charge in [0.2, 0.25) is 0 Å². The van der Waals surface area contributed by atoms with Crippen LogP contribution in [0.5, 0.6) is 0 Å². The molecule has 0 saturated carbocycles. The lowest BCUT2D eigenvalue weighted by molar-refractivity contribution is 0.216. The van der Waals surface area contributed by atoms with Gasteiger partial charge in [-0.3, -0.25) is 4.90 Å². The van der Waals surface area contributed by atoms with E-state index in [-0.39, 0.29) is 11.9 Å². The highest BCUT2D eigenvalue weighted by atomic mass is 19.1. The molecule has 4 rings (SSSR count). The van der Waals surface area contributed by atoms with E-state index in [9.17, 15) is 4.39 Å². The van der Waals surface area contributed by atoms with Crippen LogP contribution in [0, 0.1) is 5.82 Å². The number of hydrogen-bond donors (Lipinski definition) is 0. The molecule has 1 aromatic heterocycles. The van der Waals surface area contributed by atoms with E-state index in [0.717, 1.165) is 38.0 Å². The third-order valence-electron chi connectivity index (χ3n) is 5.43. The molecule has 0 saturated heterocycles. The molecule has 0 N–H and O–H groups in total. The van der Waals surface area contributed by atoms with Crippen LogP contribution >= 0.6 is 0 Å². The van der Waals surface area contributed by atoms with Gasteiger partial charge in [-0.15, -0.1) is 0 Å². The molecule has 0 amide bonds. The molecule has 1 atom stereocenters. The molecule has 2 nitrogen and oxygen atoms in total. The Hall–Kier alpha value is -2.39. The third-order valence-corrected chi connectivity index (χ3v) is 5.43. The first kappa shape index (κ1) is 17.0. The normalized spacial score (nSPS) is 17.7. The van der Waals surface area contributed by atoms with Gasteiger partial charge in [-0.25, -0.2) is 4.39 Å². The molecule has 3 aromatic rings. The van der Waals surface area contributed by atoms with Gasteiger partial charge in [0.25, 0.3) is 0 Å². The van der Waals surface area contributed by atoms with Crippen molar-refractivity contribution in [3.63, 3.8) is 0 Å². The van der Waals surface area contributed by atoms with Crippen molar-refractivity contribution in [3.8, 4) is 0 Å². The quantitative estimate of drug-likeness (QED) is 0.630. The maximum Gasteiger partial charge on any atom is 0.128 e. The van der Waals surface area contributed by atoms with Crippen LogP contribution in [0.4, 0.5) is 4.39 Å². The van der Waals surface area contributed by atoms with Gasteiger partial charge >= 0.3 is 0 Å². The predicted molar refractivity (Wildman–Crippen MR) is 104 cm³/mol. The SMILES string of the molecule is CCc1ccccc1CN1CCCn2cccc2C1c1ccccc1F. The molecule has 134 valence electrons. The van der Waals surface area contributed by atoms with Crippen molar-refractivity contribution in [2.75, 3.05) is 6.54 Å². The minimum absolute atomic E-state index is 0.0568. The number of rotatable bonds is 4. The van der Waals surface area contributed by atoms with Crippen LogP contribution in [-0.4, -0.2) is 16.0 Å². The van der Waals surface area contributed by atoms with Crippen molar-refractivity contribution in [2.24, 2.45) is 0 Å². The highest BCUT2D eigenvalue weighted by Gasteiger charge is 2.29. The fourth-order valence-electron chi connectivity index (χ4n) is 4.14. The molecule has 1 aliphatic heterocycles. The molecule has 2 aromatic carbocycles. The molecule has 1 aliphatic rings. The molecule has 1 unspecified atom stereocenters. The molecule has 0 bridgehead atoms. The first-order valence-electron chi connectivity index (χ1n) is 9.48. The Kier molecular flexibility index (Phi) is 4.89. The average molecular weight is 348 g/mol. The Morgan fingerprint density at radius 1 is 0.923 bits per heavy atom. The smallest absolute Gasteiger partial charge is 0.128 e. The molecule has 3 heteroatoms. The second kappa shape index (κ2) is 7.46. The van der Waals surface area contributed by atoms with Crippen LogP contribution in [0.1, 0.15) is 41.8 Å². The summed E-state index contributed by atoms with van der Waals surface area (Å²) < 4.78 is 17.0. The second-order valence-corrected chi connectivity index (χ2v) is 7.00. The van der Waals surface area contributed by atoms with Crippen molar-refractivity contribution in [2.45, 2.75) is 38.9 Å². The molecule has 0 radical (unpaired) electrons. The fourth-order valence-corrected chi connectivity index (χ4v) is 4.14. The maximum absolute atomic E-state index is 14.7. The lowest BCUT2D eigenvalue weighted by Crippen LogP contribution is -2.30. The second-order valence-electron chi connectivity index (χ2n) is 7.00. The molecule has 2 heterocycles. The van der Waals surface area contributed by atoms with E-state index in [0.29, 0.717) is 0 Å². The Morgan fingerprint density at radius 3 is 2.50 bits per heavy atom. The number of benzene rings is 2. The van der Waals surface area contributed by atoms with Gasteiger partial charge in [0.15, 0.2) is 0 Å². The molecule has 0 aliphatic carbocycles. The first-order valence-corrected chi connectivity index (χ1v) is 9.48. The predicted octanol–water partition coefficient (Wildman–Crippen LogP) is 5.18. The van der Waals surface area contributed by atoms with Gasteiger partial charge in [0.1, 0.15) is 5.82 Å². The number of nitrogens with zero attached hydrogens (tertiary/aromatic N) is 2. The topological polar surface area (TPSA) is 8.17 Å². The zero-order chi connectivity index (χ0) is 17.9. The lowest BCUT2D eigenvalue weighted by Gasteiger charge is -2.31. The standard InChI is InChI=1S/C23H25FN2/c1-2-18-9-3-4-10-19(18)17-26-16-8-15-25-14-7-13-22(25)23(26)20-11-5-6-12-21(20)24/h3-7,9-14,23H,2,8,15-17H2,1H3. The van der Waals surface area contributed by atoms with Crippen LogP contribution in [0.15, 0.2) is 66.9 Å². The summed E-state index contributed by atoms with van der Waals surface area (Å²) in [5, 5.41) is 0. The van der Waals surface area contributed by atoms with Gasteiger partial charge in [-0.05, 0) is 42.2 Å². The Bertz CT molecular complexity index is 883. The summed E-state index contributed by atoms with van der Waals surface area (Å²) in [6.45, 7) is 4.98. The summed E-state index contributed by atoms with van der Waals surface area (Å²) >= 11 is 0. The highest BCUT2D eigenvalue weighted by Crippen LogP contribution is 2.34. The van der Waals surface area contributed by atoms with Crippen LogP contribution in [-0.2, 0) is 19.5 Å². The van der Waals surface area contributed by atoms with E-state index in [1.165, 1.54) is 16.8 Å². The third kappa shape index (κ3) is 3.19.